The van der Waals surface area contributed by atoms with E-state index < -0.39 is 0 Å². The lowest BCUT2D eigenvalue weighted by Crippen LogP contribution is -2.30. The molecule has 1 unspecified atom stereocenters. The molecule has 4 heterocycles. The molecule has 0 saturated carbocycles. The smallest absolute Gasteiger partial charge is 0.236 e. The first kappa shape index (κ1) is 21.3. The first-order valence-corrected chi connectivity index (χ1v) is 15.3. The van der Waals surface area contributed by atoms with Crippen LogP contribution in [0.2, 0.25) is 0 Å². The average molecular weight is 546 g/mol. The summed E-state index contributed by atoms with van der Waals surface area (Å²) in [7, 11) is 0. The fourth-order valence-corrected chi connectivity index (χ4v) is 9.36. The van der Waals surface area contributed by atoms with E-state index >= 15 is 0 Å². The van der Waals surface area contributed by atoms with Crippen molar-refractivity contribution < 1.29 is 0 Å². The van der Waals surface area contributed by atoms with Crippen LogP contribution in [-0.4, -0.2) is 10.3 Å². The highest BCUT2D eigenvalue weighted by Crippen LogP contribution is 2.48. The van der Waals surface area contributed by atoms with E-state index in [2.05, 4.69) is 131 Å². The van der Waals surface area contributed by atoms with Gasteiger partial charge in [0.2, 0.25) is 17.1 Å². The van der Waals surface area contributed by atoms with Gasteiger partial charge < -0.3 is 4.57 Å². The van der Waals surface area contributed by atoms with E-state index in [4.69, 9.17) is 0 Å². The molecule has 0 amide bonds. The molecule has 0 spiro atoms. The Bertz CT molecular complexity index is 2500. The van der Waals surface area contributed by atoms with Gasteiger partial charge in [-0.15, -0.1) is 22.7 Å². The van der Waals surface area contributed by atoms with Crippen LogP contribution in [0.25, 0.3) is 62.2 Å². The maximum absolute atomic E-state index is 2.59. The Labute approximate surface area is 237 Å². The van der Waals surface area contributed by atoms with Crippen LogP contribution >= 0.6 is 22.7 Å². The summed E-state index contributed by atoms with van der Waals surface area (Å²) in [5.41, 5.74) is 6.42. The monoisotopic (exact) mass is 545 g/mol. The molecule has 0 bridgehead atoms. The van der Waals surface area contributed by atoms with Crippen LogP contribution in [0.4, 0.5) is 11.4 Å². The van der Waals surface area contributed by atoms with Crippen molar-refractivity contribution in [3.05, 3.63) is 121 Å². The van der Waals surface area contributed by atoms with Crippen molar-refractivity contribution in [2.24, 2.45) is 0 Å². The van der Waals surface area contributed by atoms with E-state index in [1.807, 2.05) is 22.7 Å². The first-order chi connectivity index (χ1) is 19.8. The number of benzene rings is 5. The molecule has 1 aliphatic carbocycles. The Hall–Kier alpha value is -4.51. The van der Waals surface area contributed by atoms with Crippen molar-refractivity contribution in [2.75, 3.05) is 0 Å². The minimum absolute atomic E-state index is 0.117. The Morgan fingerprint density at radius 1 is 0.575 bits per heavy atom. The van der Waals surface area contributed by atoms with E-state index in [0.717, 1.165) is 0 Å². The van der Waals surface area contributed by atoms with Crippen LogP contribution in [-0.2, 0) is 0 Å². The molecule has 0 radical (unpaired) electrons. The largest absolute Gasteiger partial charge is 0.318 e. The molecule has 40 heavy (non-hydrogen) atoms. The Kier molecular flexibility index (Phi) is 4.04. The van der Waals surface area contributed by atoms with E-state index in [-0.39, 0.29) is 6.04 Å². The van der Waals surface area contributed by atoms with Gasteiger partial charge in [0.15, 0.2) is 0 Å². The number of nitrogens with zero attached hydrogens (tertiary/aromatic N) is 2. The zero-order valence-electron chi connectivity index (χ0n) is 21.3. The fourth-order valence-electron chi connectivity index (χ4n) is 7.03. The molecule has 1 atom stereocenters. The summed E-state index contributed by atoms with van der Waals surface area (Å²) in [6, 6.07) is 36.2. The number of rotatable bonds is 1. The topological polar surface area (TPSA) is 7.94 Å². The standard InChI is InChI=1S/C36H21N2S2/c1-6-18-33-21(9-1)24-12-8-16-30(36(24)40-33)37-27-13-3-4-14-28(27)38-31-19-26-22-10-2-5-17-32(22)39-34(26)20-25(31)23-11-7-15-29(37)35(23)38/h1-20,28H/q+1. The summed E-state index contributed by atoms with van der Waals surface area (Å²) in [4.78, 5) is 0. The molecular weight excluding hydrogens is 525 g/mol. The van der Waals surface area contributed by atoms with E-state index in [1.54, 1.807) is 0 Å². The summed E-state index contributed by atoms with van der Waals surface area (Å²) in [5.74, 6) is 0. The van der Waals surface area contributed by atoms with Crippen molar-refractivity contribution >= 4 is 102 Å². The van der Waals surface area contributed by atoms with Crippen molar-refractivity contribution in [3.63, 3.8) is 0 Å². The molecule has 2 aliphatic rings. The third-order valence-electron chi connectivity index (χ3n) is 8.68. The predicted octanol–water partition coefficient (Wildman–Crippen LogP) is 10.5. The molecular formula is C36H21N2S2+. The fraction of sp³-hybridized carbons (Fsp3) is 0.0278. The second-order valence-electron chi connectivity index (χ2n) is 10.7. The van der Waals surface area contributed by atoms with Crippen molar-refractivity contribution in [1.29, 1.82) is 0 Å². The highest BCUT2D eigenvalue weighted by molar-refractivity contribution is 7.26. The summed E-state index contributed by atoms with van der Waals surface area (Å²) < 4.78 is 10.5. The second-order valence-corrected chi connectivity index (χ2v) is 12.8. The lowest BCUT2D eigenvalue weighted by Gasteiger charge is -2.24. The van der Waals surface area contributed by atoms with E-state index in [0.29, 0.717) is 0 Å². The first-order valence-electron chi connectivity index (χ1n) is 13.7. The third-order valence-corrected chi connectivity index (χ3v) is 11.0. The van der Waals surface area contributed by atoms with Gasteiger partial charge in [-0.2, -0.15) is 4.58 Å². The van der Waals surface area contributed by atoms with Crippen LogP contribution in [0.5, 0.6) is 0 Å². The molecule has 186 valence electrons. The van der Waals surface area contributed by atoms with Crippen molar-refractivity contribution in [1.82, 2.24) is 9.14 Å². The molecule has 8 aromatic rings. The lowest BCUT2D eigenvalue weighted by molar-refractivity contribution is 0.782. The Balaban J connectivity index is 1.35. The number of para-hydroxylation sites is 1. The highest BCUT2D eigenvalue weighted by Gasteiger charge is 2.38. The summed E-state index contributed by atoms with van der Waals surface area (Å²) in [6.45, 7) is 0. The molecule has 10 rings (SSSR count). The number of fused-ring (bicyclic) bond motifs is 11. The number of hydrogen-bond acceptors (Lipinski definition) is 2. The van der Waals surface area contributed by atoms with Gasteiger partial charge in [0.05, 0.1) is 5.52 Å². The normalized spacial score (nSPS) is 16.4. The van der Waals surface area contributed by atoms with Crippen LogP contribution in [0.15, 0.2) is 121 Å². The molecule has 4 heteroatoms. The maximum atomic E-state index is 2.59. The molecule has 5 aromatic carbocycles. The molecule has 3 aromatic heterocycles. The van der Waals surface area contributed by atoms with Gasteiger partial charge in [-0.3, -0.25) is 0 Å². The minimum Gasteiger partial charge on any atom is -0.318 e. The van der Waals surface area contributed by atoms with E-state index in [9.17, 15) is 0 Å². The zero-order valence-corrected chi connectivity index (χ0v) is 23.0. The van der Waals surface area contributed by atoms with Gasteiger partial charge in [-0.25, -0.2) is 0 Å². The van der Waals surface area contributed by atoms with Crippen LogP contribution in [0.1, 0.15) is 6.04 Å². The quantitative estimate of drug-likeness (QED) is 0.181. The van der Waals surface area contributed by atoms with Gasteiger partial charge >= 0.3 is 0 Å². The predicted molar refractivity (Wildman–Crippen MR) is 175 cm³/mol. The second kappa shape index (κ2) is 7.57. The number of aromatic nitrogens is 1. The van der Waals surface area contributed by atoms with Gasteiger partial charge in [-0.1, -0.05) is 78.9 Å². The lowest BCUT2D eigenvalue weighted by atomic mass is 10.0. The van der Waals surface area contributed by atoms with Crippen molar-refractivity contribution in [3.8, 4) is 0 Å². The average Bonchev–Trinajstić information content (AvgIpc) is 3.67. The molecule has 0 fully saturated rings. The zero-order chi connectivity index (χ0) is 25.9. The van der Waals surface area contributed by atoms with Gasteiger partial charge in [0.1, 0.15) is 16.3 Å². The summed E-state index contributed by atoms with van der Waals surface area (Å²) >= 11 is 3.80. The van der Waals surface area contributed by atoms with Crippen LogP contribution in [0.3, 0.4) is 0 Å². The number of allylic oxidation sites excluding steroid dienone is 4. The molecule has 2 nitrogen and oxygen atoms in total. The Morgan fingerprint density at radius 3 is 2.17 bits per heavy atom. The Morgan fingerprint density at radius 2 is 1.30 bits per heavy atom. The van der Waals surface area contributed by atoms with Gasteiger partial charge in [0.25, 0.3) is 0 Å². The van der Waals surface area contributed by atoms with Gasteiger partial charge in [-0.05, 0) is 24.3 Å². The molecule has 0 saturated heterocycles. The summed E-state index contributed by atoms with van der Waals surface area (Å²) in [5, 5.41) is 8.02. The third kappa shape index (κ3) is 2.61. The SMILES string of the molecule is C1=CC2=[N+](c3cccc4c3sc3ccccc34)c3cccc4c5cc6sc7ccccc7c6cc5n(c34)C2C=C1. The molecule has 1 aliphatic heterocycles. The van der Waals surface area contributed by atoms with E-state index in [1.165, 1.54) is 79.2 Å². The summed E-state index contributed by atoms with van der Waals surface area (Å²) in [6.07, 6.45) is 9.06. The maximum Gasteiger partial charge on any atom is 0.236 e. The van der Waals surface area contributed by atoms with Crippen LogP contribution < -0.4 is 4.58 Å². The minimum atomic E-state index is 0.117. The van der Waals surface area contributed by atoms with Gasteiger partial charge in [0, 0.05) is 64.6 Å². The number of thiophene rings is 2. The molecule has 0 N–H and O–H groups in total. The number of hydrogen-bond donors (Lipinski definition) is 0. The van der Waals surface area contributed by atoms with Crippen LogP contribution in [0, 0.1) is 0 Å². The highest BCUT2D eigenvalue weighted by atomic mass is 32.1. The van der Waals surface area contributed by atoms with Crippen molar-refractivity contribution in [2.45, 2.75) is 6.04 Å².